The monoisotopic (exact) mass is 288 g/mol. The second kappa shape index (κ2) is 7.31. The SMILES string of the molecule is Clc1ccc(Cl)c(CNCCN2CCOCC2)c1. The van der Waals surface area contributed by atoms with Crippen molar-refractivity contribution in [2.24, 2.45) is 0 Å². The Kier molecular flexibility index (Phi) is 5.73. The van der Waals surface area contributed by atoms with E-state index in [1.165, 1.54) is 0 Å². The number of hydrogen-bond donors (Lipinski definition) is 1. The van der Waals surface area contributed by atoms with Crippen molar-refractivity contribution in [1.82, 2.24) is 10.2 Å². The quantitative estimate of drug-likeness (QED) is 0.843. The lowest BCUT2D eigenvalue weighted by Crippen LogP contribution is -2.40. The topological polar surface area (TPSA) is 24.5 Å². The van der Waals surface area contributed by atoms with Gasteiger partial charge in [0.25, 0.3) is 0 Å². The molecule has 0 amide bonds. The lowest BCUT2D eigenvalue weighted by molar-refractivity contribution is 0.0384. The Bertz CT molecular complexity index is 381. The van der Waals surface area contributed by atoms with Crippen LogP contribution in [0.4, 0.5) is 0 Å². The van der Waals surface area contributed by atoms with Gasteiger partial charge in [-0.1, -0.05) is 23.2 Å². The van der Waals surface area contributed by atoms with E-state index >= 15 is 0 Å². The average Bonchev–Trinajstić information content (AvgIpc) is 2.40. The first-order valence-corrected chi connectivity index (χ1v) is 6.96. The summed E-state index contributed by atoms with van der Waals surface area (Å²) in [5.74, 6) is 0. The smallest absolute Gasteiger partial charge is 0.0594 e. The number of ether oxygens (including phenoxy) is 1. The molecule has 5 heteroatoms. The second-order valence-electron chi connectivity index (χ2n) is 4.37. The Morgan fingerprint density at radius 2 is 2.00 bits per heavy atom. The molecule has 18 heavy (non-hydrogen) atoms. The van der Waals surface area contributed by atoms with Crippen LogP contribution in [0.3, 0.4) is 0 Å². The number of hydrogen-bond acceptors (Lipinski definition) is 3. The minimum Gasteiger partial charge on any atom is -0.379 e. The molecule has 100 valence electrons. The van der Waals surface area contributed by atoms with Crippen LogP contribution in [0.15, 0.2) is 18.2 Å². The molecule has 1 N–H and O–H groups in total. The summed E-state index contributed by atoms with van der Waals surface area (Å²) in [6.07, 6.45) is 0. The molecular weight excluding hydrogens is 271 g/mol. The highest BCUT2D eigenvalue weighted by atomic mass is 35.5. The Hall–Kier alpha value is -0.320. The molecule has 0 bridgehead atoms. The van der Waals surface area contributed by atoms with Crippen LogP contribution in [0.25, 0.3) is 0 Å². The van der Waals surface area contributed by atoms with E-state index in [0.717, 1.165) is 61.5 Å². The van der Waals surface area contributed by atoms with Crippen LogP contribution in [0, 0.1) is 0 Å². The number of rotatable bonds is 5. The van der Waals surface area contributed by atoms with Gasteiger partial charge in [0.1, 0.15) is 0 Å². The molecule has 0 atom stereocenters. The van der Waals surface area contributed by atoms with Crippen molar-refractivity contribution >= 4 is 23.2 Å². The third-order valence-corrected chi connectivity index (χ3v) is 3.64. The summed E-state index contributed by atoms with van der Waals surface area (Å²) >= 11 is 12.0. The summed E-state index contributed by atoms with van der Waals surface area (Å²) in [5.41, 5.74) is 1.05. The Labute approximate surface area is 118 Å². The van der Waals surface area contributed by atoms with Crippen molar-refractivity contribution in [3.8, 4) is 0 Å². The zero-order chi connectivity index (χ0) is 12.8. The summed E-state index contributed by atoms with van der Waals surface area (Å²) in [6.45, 7) is 6.49. The Morgan fingerprint density at radius 3 is 2.78 bits per heavy atom. The highest BCUT2D eigenvalue weighted by Gasteiger charge is 2.09. The van der Waals surface area contributed by atoms with Crippen LogP contribution in [-0.2, 0) is 11.3 Å². The summed E-state index contributed by atoms with van der Waals surface area (Å²) < 4.78 is 5.31. The summed E-state index contributed by atoms with van der Waals surface area (Å²) in [5, 5.41) is 4.88. The highest BCUT2D eigenvalue weighted by Crippen LogP contribution is 2.20. The Morgan fingerprint density at radius 1 is 1.22 bits per heavy atom. The molecule has 2 rings (SSSR count). The summed E-state index contributed by atoms with van der Waals surface area (Å²) in [4.78, 5) is 2.40. The van der Waals surface area contributed by atoms with E-state index in [0.29, 0.717) is 0 Å². The average molecular weight is 289 g/mol. The molecule has 1 heterocycles. The van der Waals surface area contributed by atoms with E-state index in [2.05, 4.69) is 10.2 Å². The molecule has 0 unspecified atom stereocenters. The van der Waals surface area contributed by atoms with Gasteiger partial charge >= 0.3 is 0 Å². The molecule has 1 aliphatic heterocycles. The van der Waals surface area contributed by atoms with Crippen molar-refractivity contribution < 1.29 is 4.74 Å². The number of nitrogens with zero attached hydrogens (tertiary/aromatic N) is 1. The van der Waals surface area contributed by atoms with Crippen molar-refractivity contribution in [1.29, 1.82) is 0 Å². The molecule has 0 saturated carbocycles. The van der Waals surface area contributed by atoms with E-state index in [1.807, 2.05) is 12.1 Å². The largest absolute Gasteiger partial charge is 0.379 e. The van der Waals surface area contributed by atoms with Gasteiger partial charge in [-0.25, -0.2) is 0 Å². The van der Waals surface area contributed by atoms with Gasteiger partial charge in [-0.15, -0.1) is 0 Å². The van der Waals surface area contributed by atoms with Gasteiger partial charge in [0.05, 0.1) is 13.2 Å². The van der Waals surface area contributed by atoms with Crippen LogP contribution in [-0.4, -0.2) is 44.3 Å². The minimum absolute atomic E-state index is 0.726. The first-order valence-electron chi connectivity index (χ1n) is 6.20. The molecule has 1 aromatic carbocycles. The zero-order valence-electron chi connectivity index (χ0n) is 10.3. The predicted molar refractivity (Wildman–Crippen MR) is 75.4 cm³/mol. The maximum Gasteiger partial charge on any atom is 0.0594 e. The lowest BCUT2D eigenvalue weighted by atomic mass is 10.2. The van der Waals surface area contributed by atoms with E-state index in [-0.39, 0.29) is 0 Å². The zero-order valence-corrected chi connectivity index (χ0v) is 11.8. The van der Waals surface area contributed by atoms with Gasteiger partial charge in [0.2, 0.25) is 0 Å². The number of morpholine rings is 1. The Balaban J connectivity index is 1.69. The number of benzene rings is 1. The molecular formula is C13H18Cl2N2O. The highest BCUT2D eigenvalue weighted by molar-refractivity contribution is 6.33. The summed E-state index contributed by atoms with van der Waals surface area (Å²) in [7, 11) is 0. The van der Waals surface area contributed by atoms with Gasteiger partial charge in [0.15, 0.2) is 0 Å². The second-order valence-corrected chi connectivity index (χ2v) is 5.21. The molecule has 1 saturated heterocycles. The fraction of sp³-hybridized carbons (Fsp3) is 0.538. The third-order valence-electron chi connectivity index (χ3n) is 3.03. The van der Waals surface area contributed by atoms with Crippen molar-refractivity contribution in [3.63, 3.8) is 0 Å². The molecule has 3 nitrogen and oxygen atoms in total. The van der Waals surface area contributed by atoms with Gasteiger partial charge < -0.3 is 10.1 Å². The first-order chi connectivity index (χ1) is 8.75. The third kappa shape index (κ3) is 4.41. The molecule has 0 radical (unpaired) electrons. The van der Waals surface area contributed by atoms with Gasteiger partial charge in [-0.05, 0) is 23.8 Å². The fourth-order valence-electron chi connectivity index (χ4n) is 1.96. The van der Waals surface area contributed by atoms with Crippen molar-refractivity contribution in [3.05, 3.63) is 33.8 Å². The normalized spacial score (nSPS) is 17.0. The standard InChI is InChI=1S/C13H18Cl2N2O/c14-12-1-2-13(15)11(9-12)10-16-3-4-17-5-7-18-8-6-17/h1-2,9,16H,3-8,10H2. The van der Waals surface area contributed by atoms with E-state index in [4.69, 9.17) is 27.9 Å². The van der Waals surface area contributed by atoms with Crippen LogP contribution >= 0.6 is 23.2 Å². The molecule has 0 aromatic heterocycles. The van der Waals surface area contributed by atoms with Gasteiger partial charge in [-0.2, -0.15) is 0 Å². The maximum absolute atomic E-state index is 6.10. The molecule has 0 aliphatic carbocycles. The van der Waals surface area contributed by atoms with Crippen molar-refractivity contribution in [2.75, 3.05) is 39.4 Å². The van der Waals surface area contributed by atoms with E-state index < -0.39 is 0 Å². The van der Waals surface area contributed by atoms with Crippen LogP contribution < -0.4 is 5.32 Å². The van der Waals surface area contributed by atoms with Crippen molar-refractivity contribution in [2.45, 2.75) is 6.54 Å². The van der Waals surface area contributed by atoms with E-state index in [1.54, 1.807) is 6.07 Å². The predicted octanol–water partition coefficient (Wildman–Crippen LogP) is 2.42. The molecule has 1 fully saturated rings. The molecule has 0 spiro atoms. The number of nitrogens with one attached hydrogen (secondary N) is 1. The van der Waals surface area contributed by atoms with E-state index in [9.17, 15) is 0 Å². The number of halogens is 2. The first kappa shape index (κ1) is 14.1. The lowest BCUT2D eigenvalue weighted by Gasteiger charge is -2.26. The molecule has 1 aromatic rings. The van der Waals surface area contributed by atoms with Crippen LogP contribution in [0.1, 0.15) is 5.56 Å². The maximum atomic E-state index is 6.10. The minimum atomic E-state index is 0.726. The van der Waals surface area contributed by atoms with Gasteiger partial charge in [-0.3, -0.25) is 4.90 Å². The van der Waals surface area contributed by atoms with Crippen LogP contribution in [0.5, 0.6) is 0 Å². The van der Waals surface area contributed by atoms with Crippen LogP contribution in [0.2, 0.25) is 10.0 Å². The van der Waals surface area contributed by atoms with Gasteiger partial charge in [0, 0.05) is 42.8 Å². The molecule has 1 aliphatic rings. The summed E-state index contributed by atoms with van der Waals surface area (Å²) in [6, 6.07) is 5.55. The fourth-order valence-corrected chi connectivity index (χ4v) is 2.34.